The van der Waals surface area contributed by atoms with Crippen molar-refractivity contribution in [3.63, 3.8) is 0 Å². The monoisotopic (exact) mass is 423 g/mol. The molecule has 2 aromatic rings. The van der Waals surface area contributed by atoms with Gasteiger partial charge in [0.15, 0.2) is 0 Å². The van der Waals surface area contributed by atoms with Gasteiger partial charge in [0, 0.05) is 19.0 Å². The number of para-hydroxylation sites is 1. The number of hydrogen-bond donors (Lipinski definition) is 1. The molecule has 1 aliphatic carbocycles. The van der Waals surface area contributed by atoms with Crippen molar-refractivity contribution >= 4 is 27.5 Å². The molecule has 1 N–H and O–H groups in total. The minimum atomic E-state index is -3.72. The summed E-state index contributed by atoms with van der Waals surface area (Å²) in [5, 5.41) is 3.21. The Hall–Kier alpha value is -2.67. The zero-order valence-corrected chi connectivity index (χ0v) is 17.8. The van der Waals surface area contributed by atoms with Crippen molar-refractivity contribution < 1.29 is 13.2 Å². The number of likely N-dealkylation sites (tertiary alicyclic amines) is 1. The lowest BCUT2D eigenvalue weighted by atomic mass is 9.90. The van der Waals surface area contributed by atoms with E-state index in [2.05, 4.69) is 34.0 Å². The van der Waals surface area contributed by atoms with Gasteiger partial charge >= 0.3 is 0 Å². The van der Waals surface area contributed by atoms with Crippen LogP contribution in [0.15, 0.2) is 57.8 Å². The van der Waals surface area contributed by atoms with E-state index < -0.39 is 15.4 Å². The Labute approximate surface area is 177 Å². The van der Waals surface area contributed by atoms with Gasteiger partial charge in [-0.15, -0.1) is 4.40 Å². The maximum atomic E-state index is 13.5. The number of nitrogens with one attached hydrogen (secondary N) is 1. The van der Waals surface area contributed by atoms with Crippen molar-refractivity contribution in [3.05, 3.63) is 59.7 Å². The quantitative estimate of drug-likeness (QED) is 0.820. The fraction of sp³-hybridized carbons (Fsp3) is 0.391. The van der Waals surface area contributed by atoms with Crippen LogP contribution in [0.25, 0.3) is 0 Å². The van der Waals surface area contributed by atoms with Crippen molar-refractivity contribution in [1.82, 2.24) is 4.90 Å². The van der Waals surface area contributed by atoms with E-state index in [0.29, 0.717) is 24.6 Å². The first-order valence-corrected chi connectivity index (χ1v) is 11.9. The molecule has 1 saturated heterocycles. The first-order valence-electron chi connectivity index (χ1n) is 10.5. The number of carbonyl (C=O) groups is 1. The number of piperidine rings is 1. The van der Waals surface area contributed by atoms with Crippen molar-refractivity contribution in [1.29, 1.82) is 0 Å². The zero-order chi connectivity index (χ0) is 20.9. The Morgan fingerprint density at radius 2 is 1.87 bits per heavy atom. The van der Waals surface area contributed by atoms with E-state index in [-0.39, 0.29) is 16.7 Å². The van der Waals surface area contributed by atoms with Crippen molar-refractivity contribution in [2.24, 2.45) is 10.3 Å². The maximum Gasteiger partial charge on any atom is 0.286 e. The van der Waals surface area contributed by atoms with Gasteiger partial charge in [0.05, 0.1) is 11.1 Å². The number of amides is 1. The average Bonchev–Trinajstić information content (AvgIpc) is 3.55. The molecule has 0 aromatic heterocycles. The van der Waals surface area contributed by atoms with E-state index in [4.69, 9.17) is 0 Å². The maximum absolute atomic E-state index is 13.5. The lowest BCUT2D eigenvalue weighted by molar-refractivity contribution is -0.135. The Bertz CT molecular complexity index is 1130. The molecule has 7 heteroatoms. The van der Waals surface area contributed by atoms with E-state index in [1.807, 2.05) is 11.8 Å². The highest BCUT2D eigenvalue weighted by Gasteiger charge is 2.53. The summed E-state index contributed by atoms with van der Waals surface area (Å²) in [6.45, 7) is 3.25. The number of nitrogens with zero attached hydrogens (tertiary/aromatic N) is 2. The molecule has 5 rings (SSSR count). The SMILES string of the molecule is Cc1ccc(C2(C(=O)N3CCC[C@@H](C4=NS(=O)(=O)c5ccccc5N4)C3)CC2)cc1. The summed E-state index contributed by atoms with van der Waals surface area (Å²) in [7, 11) is -3.72. The summed E-state index contributed by atoms with van der Waals surface area (Å²) in [4.78, 5) is 15.6. The summed E-state index contributed by atoms with van der Waals surface area (Å²) in [6.07, 6.45) is 3.39. The van der Waals surface area contributed by atoms with Gasteiger partial charge in [0.1, 0.15) is 10.7 Å². The number of carbonyl (C=O) groups excluding carboxylic acids is 1. The molecule has 2 aliphatic heterocycles. The number of benzene rings is 2. The van der Waals surface area contributed by atoms with Crippen LogP contribution in [0, 0.1) is 12.8 Å². The molecule has 0 spiro atoms. The van der Waals surface area contributed by atoms with Gasteiger partial charge < -0.3 is 10.2 Å². The van der Waals surface area contributed by atoms with Crippen LogP contribution in [0.2, 0.25) is 0 Å². The Balaban J connectivity index is 1.38. The lowest BCUT2D eigenvalue weighted by Gasteiger charge is -2.36. The molecule has 1 saturated carbocycles. The molecule has 3 aliphatic rings. The van der Waals surface area contributed by atoms with Gasteiger partial charge in [-0.05, 0) is 50.3 Å². The number of rotatable bonds is 3. The minimum Gasteiger partial charge on any atom is -0.342 e. The van der Waals surface area contributed by atoms with Crippen LogP contribution in [-0.4, -0.2) is 38.2 Å². The van der Waals surface area contributed by atoms with Crippen LogP contribution >= 0.6 is 0 Å². The summed E-state index contributed by atoms with van der Waals surface area (Å²) in [6, 6.07) is 15.1. The van der Waals surface area contributed by atoms with Crippen molar-refractivity contribution in [2.75, 3.05) is 18.4 Å². The smallest absolute Gasteiger partial charge is 0.286 e. The van der Waals surface area contributed by atoms with Crippen LogP contribution in [0.3, 0.4) is 0 Å². The molecule has 1 amide bonds. The molecule has 0 bridgehead atoms. The molecule has 156 valence electrons. The largest absolute Gasteiger partial charge is 0.342 e. The van der Waals surface area contributed by atoms with Gasteiger partial charge in [-0.1, -0.05) is 42.0 Å². The Kier molecular flexibility index (Phi) is 4.47. The topological polar surface area (TPSA) is 78.8 Å². The summed E-state index contributed by atoms with van der Waals surface area (Å²) >= 11 is 0. The fourth-order valence-corrected chi connectivity index (χ4v) is 5.82. The first kappa shape index (κ1) is 19.3. The molecule has 0 unspecified atom stereocenters. The lowest BCUT2D eigenvalue weighted by Crippen LogP contribution is -2.48. The van der Waals surface area contributed by atoms with Crippen molar-refractivity contribution in [3.8, 4) is 0 Å². The Morgan fingerprint density at radius 3 is 2.60 bits per heavy atom. The molecular formula is C23H25N3O3S. The Morgan fingerprint density at radius 1 is 1.13 bits per heavy atom. The molecule has 6 nitrogen and oxygen atoms in total. The normalized spacial score (nSPS) is 23.7. The highest BCUT2D eigenvalue weighted by atomic mass is 32.2. The molecule has 2 aromatic carbocycles. The van der Waals surface area contributed by atoms with Crippen LogP contribution in [0.5, 0.6) is 0 Å². The predicted molar refractivity (Wildman–Crippen MR) is 116 cm³/mol. The number of fused-ring (bicyclic) bond motifs is 1. The standard InChI is InChI=1S/C23H25N3O3S/c1-16-8-10-18(11-9-16)23(12-13-23)22(27)26-14-4-5-17(15-26)21-24-19-6-2-3-7-20(19)30(28,29)25-21/h2-3,6-11,17H,4-5,12-15H2,1H3,(H,24,25)/t17-/m1/s1. The van der Waals surface area contributed by atoms with Gasteiger partial charge in [-0.25, -0.2) is 0 Å². The van der Waals surface area contributed by atoms with Crippen LogP contribution in [0.4, 0.5) is 5.69 Å². The number of anilines is 1. The molecule has 2 fully saturated rings. The number of hydrogen-bond acceptors (Lipinski definition) is 4. The minimum absolute atomic E-state index is 0.111. The van der Waals surface area contributed by atoms with Gasteiger partial charge in [0.25, 0.3) is 10.0 Å². The van der Waals surface area contributed by atoms with E-state index in [1.54, 1.807) is 24.3 Å². The molecule has 2 heterocycles. The summed E-state index contributed by atoms with van der Waals surface area (Å²) in [5.41, 5.74) is 2.42. The van der Waals surface area contributed by atoms with Crippen LogP contribution in [-0.2, 0) is 20.2 Å². The molecular weight excluding hydrogens is 398 g/mol. The summed E-state index contributed by atoms with van der Waals surface area (Å²) in [5.74, 6) is 0.502. The number of aryl methyl sites for hydroxylation is 1. The third-order valence-electron chi connectivity index (χ3n) is 6.51. The van der Waals surface area contributed by atoms with Crippen molar-refractivity contribution in [2.45, 2.75) is 42.9 Å². The average molecular weight is 424 g/mol. The third kappa shape index (κ3) is 3.21. The van der Waals surface area contributed by atoms with Gasteiger partial charge in [-0.3, -0.25) is 4.79 Å². The second kappa shape index (κ2) is 6.94. The molecule has 0 radical (unpaired) electrons. The van der Waals surface area contributed by atoms with Gasteiger partial charge in [0.2, 0.25) is 5.91 Å². The second-order valence-electron chi connectivity index (χ2n) is 8.61. The molecule has 1 atom stereocenters. The van der Waals surface area contributed by atoms with Crippen LogP contribution < -0.4 is 5.32 Å². The number of amidine groups is 1. The fourth-order valence-electron chi connectivity index (χ4n) is 4.62. The van der Waals surface area contributed by atoms with Crippen LogP contribution in [0.1, 0.15) is 36.8 Å². The first-order chi connectivity index (χ1) is 14.4. The van der Waals surface area contributed by atoms with E-state index in [0.717, 1.165) is 31.2 Å². The van der Waals surface area contributed by atoms with Gasteiger partial charge in [-0.2, -0.15) is 8.42 Å². The highest BCUT2D eigenvalue weighted by Crippen LogP contribution is 2.50. The highest BCUT2D eigenvalue weighted by molar-refractivity contribution is 7.90. The second-order valence-corrected chi connectivity index (χ2v) is 10.2. The molecule has 30 heavy (non-hydrogen) atoms. The van der Waals surface area contributed by atoms with E-state index in [9.17, 15) is 13.2 Å². The number of sulfonamides is 1. The van der Waals surface area contributed by atoms with E-state index >= 15 is 0 Å². The van der Waals surface area contributed by atoms with E-state index in [1.165, 1.54) is 5.56 Å². The third-order valence-corrected chi connectivity index (χ3v) is 7.85. The predicted octanol–water partition coefficient (Wildman–Crippen LogP) is 3.48. The zero-order valence-electron chi connectivity index (χ0n) is 17.0. The summed E-state index contributed by atoms with van der Waals surface area (Å²) < 4.78 is 29.3.